The molecule has 0 N–H and O–H groups in total. The average Bonchev–Trinajstić information content (AvgIpc) is 2.94. The molecule has 0 heterocycles. The van der Waals surface area contributed by atoms with Gasteiger partial charge in [-0.05, 0) is 25.7 Å². The lowest BCUT2D eigenvalue weighted by atomic mass is 10.1. The maximum Gasteiger partial charge on any atom is 0.282 e. The molecule has 0 aliphatic heterocycles. The van der Waals surface area contributed by atoms with Gasteiger partial charge in [0, 0.05) is 6.42 Å². The molecule has 0 fully saturated rings. The van der Waals surface area contributed by atoms with Crippen LogP contribution in [0.4, 0.5) is 0 Å². The Labute approximate surface area is 247 Å². The van der Waals surface area contributed by atoms with Crippen LogP contribution in [-0.4, -0.2) is 25.8 Å². The van der Waals surface area contributed by atoms with Crippen LogP contribution in [0.2, 0.25) is 0 Å². The Bertz CT molecular complexity index is 417. The lowest BCUT2D eigenvalue weighted by Crippen LogP contribution is -2.40. The van der Waals surface area contributed by atoms with Gasteiger partial charge in [0.15, 0.2) is 0 Å². The summed E-state index contributed by atoms with van der Waals surface area (Å²) in [6, 6.07) is 0. The van der Waals surface area contributed by atoms with Crippen molar-refractivity contribution in [1.29, 1.82) is 0 Å². The fourth-order valence-corrected chi connectivity index (χ4v) is 5.32. The van der Waals surface area contributed by atoms with E-state index in [9.17, 15) is 0 Å². The minimum absolute atomic E-state index is 0.755. The van der Waals surface area contributed by atoms with Crippen LogP contribution in [0.1, 0.15) is 207 Å². The molecule has 0 bridgehead atoms. The van der Waals surface area contributed by atoms with Crippen molar-refractivity contribution < 1.29 is 14.2 Å². The Morgan fingerprint density at radius 2 is 0.513 bits per heavy atom. The third-order valence-electron chi connectivity index (χ3n) is 8.05. The van der Waals surface area contributed by atoms with Crippen molar-refractivity contribution in [3.8, 4) is 0 Å². The maximum atomic E-state index is 6.55. The van der Waals surface area contributed by atoms with Gasteiger partial charge in [-0.1, -0.05) is 175 Å². The number of hydrogen-bond acceptors (Lipinski definition) is 3. The van der Waals surface area contributed by atoms with Gasteiger partial charge < -0.3 is 14.2 Å². The lowest BCUT2D eigenvalue weighted by molar-refractivity contribution is -0.384. The zero-order valence-electron chi connectivity index (χ0n) is 27.6. The van der Waals surface area contributed by atoms with Crippen molar-refractivity contribution in [3.63, 3.8) is 0 Å². The van der Waals surface area contributed by atoms with Gasteiger partial charge >= 0.3 is 0 Å². The molecular formula is C36H74O3. The lowest BCUT2D eigenvalue weighted by Gasteiger charge is -2.34. The number of ether oxygens (including phenoxy) is 3. The zero-order chi connectivity index (χ0) is 28.5. The van der Waals surface area contributed by atoms with Crippen LogP contribution in [0.25, 0.3) is 0 Å². The van der Waals surface area contributed by atoms with Crippen LogP contribution in [-0.2, 0) is 14.2 Å². The molecule has 236 valence electrons. The smallest absolute Gasteiger partial charge is 0.282 e. The second-order valence-electron chi connectivity index (χ2n) is 12.1. The zero-order valence-corrected chi connectivity index (χ0v) is 27.6. The quantitative estimate of drug-likeness (QED) is 0.0584. The average molecular weight is 555 g/mol. The van der Waals surface area contributed by atoms with Gasteiger partial charge in [-0.25, -0.2) is 0 Å². The highest BCUT2D eigenvalue weighted by molar-refractivity contribution is 4.62. The summed E-state index contributed by atoms with van der Waals surface area (Å²) in [7, 11) is 0. The molecule has 3 nitrogen and oxygen atoms in total. The van der Waals surface area contributed by atoms with E-state index in [0.717, 1.165) is 51.9 Å². The Balaban J connectivity index is 4.72. The van der Waals surface area contributed by atoms with E-state index in [2.05, 4.69) is 27.7 Å². The molecule has 0 aliphatic rings. The van der Waals surface area contributed by atoms with E-state index >= 15 is 0 Å². The summed E-state index contributed by atoms with van der Waals surface area (Å²) < 4.78 is 19.6. The third kappa shape index (κ3) is 27.8. The summed E-state index contributed by atoms with van der Waals surface area (Å²) >= 11 is 0. The van der Waals surface area contributed by atoms with E-state index in [1.54, 1.807) is 0 Å². The van der Waals surface area contributed by atoms with E-state index in [1.165, 1.54) is 148 Å². The minimum Gasteiger partial charge on any atom is -0.327 e. The Morgan fingerprint density at radius 3 is 0.821 bits per heavy atom. The van der Waals surface area contributed by atoms with Crippen LogP contribution in [0.3, 0.4) is 0 Å². The van der Waals surface area contributed by atoms with Gasteiger partial charge in [0.25, 0.3) is 5.97 Å². The summed E-state index contributed by atoms with van der Waals surface area (Å²) in [5.74, 6) is -0.822. The molecule has 0 aromatic heterocycles. The first-order valence-corrected chi connectivity index (χ1v) is 18.2. The van der Waals surface area contributed by atoms with Crippen molar-refractivity contribution in [1.82, 2.24) is 0 Å². The molecule has 0 rings (SSSR count). The van der Waals surface area contributed by atoms with Gasteiger partial charge in [-0.2, -0.15) is 0 Å². The highest BCUT2D eigenvalue weighted by atomic mass is 16.9. The Morgan fingerprint density at radius 1 is 0.282 bits per heavy atom. The molecule has 0 aromatic carbocycles. The topological polar surface area (TPSA) is 27.7 Å². The Kier molecular flexibility index (Phi) is 32.3. The molecule has 1 atom stereocenters. The molecule has 0 aromatic rings. The highest BCUT2D eigenvalue weighted by Gasteiger charge is 2.33. The fraction of sp³-hybridized carbons (Fsp3) is 1.00. The first-order valence-electron chi connectivity index (χ1n) is 18.2. The predicted octanol–water partition coefficient (Wildman–Crippen LogP) is 12.7. The van der Waals surface area contributed by atoms with Crippen LogP contribution in [0.15, 0.2) is 0 Å². The van der Waals surface area contributed by atoms with Gasteiger partial charge in [0.05, 0.1) is 19.8 Å². The second kappa shape index (κ2) is 32.4. The van der Waals surface area contributed by atoms with Gasteiger partial charge in [-0.15, -0.1) is 0 Å². The van der Waals surface area contributed by atoms with E-state index in [4.69, 9.17) is 14.2 Å². The predicted molar refractivity (Wildman–Crippen MR) is 173 cm³/mol. The first-order chi connectivity index (χ1) is 19.2. The molecule has 1 unspecified atom stereocenters. The SMILES string of the molecule is CCCCCCCCCCCC(OCCCCCC)(OCCCCCCCC)OCCCCCCCCCC. The van der Waals surface area contributed by atoms with Gasteiger partial charge in [0.2, 0.25) is 0 Å². The molecule has 3 heteroatoms. The largest absolute Gasteiger partial charge is 0.327 e. The van der Waals surface area contributed by atoms with Crippen molar-refractivity contribution >= 4 is 0 Å². The minimum atomic E-state index is -0.822. The molecular weight excluding hydrogens is 480 g/mol. The molecule has 0 saturated carbocycles. The summed E-state index contributed by atoms with van der Waals surface area (Å²) in [6.45, 7) is 11.4. The maximum absolute atomic E-state index is 6.55. The van der Waals surface area contributed by atoms with Crippen LogP contribution >= 0.6 is 0 Å². The van der Waals surface area contributed by atoms with Crippen molar-refractivity contribution in [2.24, 2.45) is 0 Å². The summed E-state index contributed by atoms with van der Waals surface area (Å²) in [4.78, 5) is 0. The van der Waals surface area contributed by atoms with E-state index < -0.39 is 5.97 Å². The van der Waals surface area contributed by atoms with Crippen molar-refractivity contribution in [3.05, 3.63) is 0 Å². The van der Waals surface area contributed by atoms with Crippen molar-refractivity contribution in [2.75, 3.05) is 19.8 Å². The summed E-state index contributed by atoms with van der Waals surface area (Å²) in [5, 5.41) is 0. The first kappa shape index (κ1) is 38.9. The van der Waals surface area contributed by atoms with Gasteiger partial charge in [0.1, 0.15) is 0 Å². The van der Waals surface area contributed by atoms with E-state index in [1.807, 2.05) is 0 Å². The number of hydrogen-bond donors (Lipinski definition) is 0. The van der Waals surface area contributed by atoms with Crippen LogP contribution < -0.4 is 0 Å². The molecule has 0 saturated heterocycles. The molecule has 39 heavy (non-hydrogen) atoms. The fourth-order valence-electron chi connectivity index (χ4n) is 5.32. The van der Waals surface area contributed by atoms with Crippen molar-refractivity contribution in [2.45, 2.75) is 213 Å². The summed E-state index contributed by atoms with van der Waals surface area (Å²) in [6.07, 6.45) is 36.0. The molecule has 0 aliphatic carbocycles. The standard InChI is InChI=1S/C36H74O3/c1-5-9-13-17-20-22-23-25-28-32-36(37-33-29-16-12-8-4,38-34-30-26-19-15-11-7-3)39-35-31-27-24-21-18-14-10-6-2/h5-35H2,1-4H3. The van der Waals surface area contributed by atoms with E-state index in [0.29, 0.717) is 0 Å². The second-order valence-corrected chi connectivity index (χ2v) is 12.1. The number of rotatable bonds is 34. The molecule has 0 amide bonds. The Hall–Kier alpha value is -0.120. The summed E-state index contributed by atoms with van der Waals surface area (Å²) in [5.41, 5.74) is 0. The number of unbranched alkanes of at least 4 members (excludes halogenated alkanes) is 23. The molecule has 0 spiro atoms. The van der Waals surface area contributed by atoms with E-state index in [-0.39, 0.29) is 0 Å². The molecule has 0 radical (unpaired) electrons. The van der Waals surface area contributed by atoms with Crippen LogP contribution in [0, 0.1) is 0 Å². The normalized spacial score (nSPS) is 13.2. The third-order valence-corrected chi connectivity index (χ3v) is 8.05. The van der Waals surface area contributed by atoms with Crippen LogP contribution in [0.5, 0.6) is 0 Å². The van der Waals surface area contributed by atoms with Gasteiger partial charge in [-0.3, -0.25) is 0 Å². The monoisotopic (exact) mass is 555 g/mol. The highest BCUT2D eigenvalue weighted by Crippen LogP contribution is 2.26.